The van der Waals surface area contributed by atoms with Gasteiger partial charge in [0.2, 0.25) is 5.91 Å². The van der Waals surface area contributed by atoms with Crippen molar-refractivity contribution in [3.8, 4) is 0 Å². The first kappa shape index (κ1) is 47.7. The van der Waals surface area contributed by atoms with Gasteiger partial charge in [-0.05, 0) is 44.9 Å². The van der Waals surface area contributed by atoms with E-state index in [-0.39, 0.29) is 19.1 Å². The zero-order valence-electron chi connectivity index (χ0n) is 32.4. The molecule has 0 fully saturated rings. The lowest BCUT2D eigenvalue weighted by Gasteiger charge is -2.25. The van der Waals surface area contributed by atoms with E-state index in [1.165, 1.54) is 96.3 Å². The molecule has 0 aromatic rings. The smallest absolute Gasteiger partial charge is 0.387 e. The second-order valence-corrected chi connectivity index (χ2v) is 16.1. The van der Waals surface area contributed by atoms with Crippen LogP contribution in [0.5, 0.6) is 0 Å². The number of hydrogen-bond acceptors (Lipinski definition) is 5. The van der Waals surface area contributed by atoms with Gasteiger partial charge < -0.3 is 19.8 Å². The van der Waals surface area contributed by atoms with E-state index in [2.05, 4.69) is 43.5 Å². The SMILES string of the molecule is CCCCCCCCCCCCCCCC/C=C/CC/C=C/CC/C=C/C(O)C(COP(=O)(O)OCC[N+](C)(C)C)NC(=O)CCCCC. The number of nitrogens with zero attached hydrogens (tertiary/aromatic N) is 1. The van der Waals surface area contributed by atoms with Gasteiger partial charge in [-0.1, -0.05) is 147 Å². The van der Waals surface area contributed by atoms with Crippen LogP contribution in [0.15, 0.2) is 36.5 Å². The van der Waals surface area contributed by atoms with E-state index in [1.54, 1.807) is 6.08 Å². The lowest BCUT2D eigenvalue weighted by Crippen LogP contribution is -2.45. The molecule has 3 atom stereocenters. The normalized spacial score (nSPS) is 15.0. The van der Waals surface area contributed by atoms with Crippen LogP contribution in [0.1, 0.15) is 162 Å². The number of phosphoric acid groups is 1. The molecular weight excluding hydrogens is 635 g/mol. The minimum absolute atomic E-state index is 0.0527. The Hall–Kier alpha value is -1.28. The van der Waals surface area contributed by atoms with Crippen molar-refractivity contribution >= 4 is 13.7 Å². The summed E-state index contributed by atoms with van der Waals surface area (Å²) in [6.45, 7) is 4.59. The number of hydrogen-bond donors (Lipinski definition) is 3. The first-order valence-corrected chi connectivity index (χ1v) is 21.4. The predicted molar refractivity (Wildman–Crippen MR) is 208 cm³/mol. The van der Waals surface area contributed by atoms with Gasteiger partial charge in [0.1, 0.15) is 13.2 Å². The van der Waals surface area contributed by atoms with Crippen LogP contribution in [0, 0.1) is 0 Å². The molecule has 8 nitrogen and oxygen atoms in total. The molecule has 0 saturated carbocycles. The van der Waals surface area contributed by atoms with Crippen molar-refractivity contribution in [2.24, 2.45) is 0 Å². The number of carbonyl (C=O) groups is 1. The van der Waals surface area contributed by atoms with E-state index in [9.17, 15) is 19.4 Å². The van der Waals surface area contributed by atoms with Crippen molar-refractivity contribution in [2.45, 2.75) is 174 Å². The summed E-state index contributed by atoms with van der Waals surface area (Å²) in [5.74, 6) is -0.218. The van der Waals surface area contributed by atoms with Crippen molar-refractivity contribution in [1.82, 2.24) is 5.32 Å². The van der Waals surface area contributed by atoms with Crippen molar-refractivity contribution in [1.29, 1.82) is 0 Å². The average Bonchev–Trinajstić information content (AvgIpc) is 3.04. The molecule has 0 saturated heterocycles. The van der Waals surface area contributed by atoms with Crippen LogP contribution < -0.4 is 5.32 Å². The molecular formula is C40H78N2O6P+. The van der Waals surface area contributed by atoms with E-state index in [0.29, 0.717) is 17.4 Å². The molecule has 3 N–H and O–H groups in total. The third-order valence-corrected chi connectivity index (χ3v) is 9.57. The minimum Gasteiger partial charge on any atom is -0.387 e. The Morgan fingerprint density at radius 3 is 1.63 bits per heavy atom. The number of allylic oxidation sites excluding steroid dienone is 5. The molecule has 0 aliphatic rings. The van der Waals surface area contributed by atoms with E-state index in [0.717, 1.165) is 44.9 Å². The van der Waals surface area contributed by atoms with Crippen LogP contribution in [0.3, 0.4) is 0 Å². The number of aliphatic hydroxyl groups is 1. The quantitative estimate of drug-likeness (QED) is 0.0261. The summed E-state index contributed by atoms with van der Waals surface area (Å²) < 4.78 is 23.2. The fourth-order valence-corrected chi connectivity index (χ4v) is 6.10. The summed E-state index contributed by atoms with van der Waals surface area (Å²) in [5.41, 5.74) is 0. The number of carbonyl (C=O) groups excluding carboxylic acids is 1. The topological polar surface area (TPSA) is 105 Å². The molecule has 0 aliphatic carbocycles. The Morgan fingerprint density at radius 1 is 0.673 bits per heavy atom. The second-order valence-electron chi connectivity index (χ2n) is 14.6. The highest BCUT2D eigenvalue weighted by molar-refractivity contribution is 7.47. The first-order valence-electron chi connectivity index (χ1n) is 19.9. The Bertz CT molecular complexity index is 902. The molecule has 0 heterocycles. The molecule has 1 amide bonds. The van der Waals surface area contributed by atoms with Gasteiger partial charge in [-0.2, -0.15) is 0 Å². The van der Waals surface area contributed by atoms with Gasteiger partial charge in [0.15, 0.2) is 0 Å². The molecule has 0 aliphatic heterocycles. The molecule has 0 aromatic heterocycles. The van der Waals surface area contributed by atoms with Crippen molar-refractivity contribution in [3.05, 3.63) is 36.5 Å². The summed E-state index contributed by atoms with van der Waals surface area (Å²) in [6.07, 6.45) is 38.8. The van der Waals surface area contributed by atoms with Crippen molar-refractivity contribution < 1.29 is 32.9 Å². The second kappa shape index (κ2) is 32.6. The summed E-state index contributed by atoms with van der Waals surface area (Å²) in [5, 5.41) is 13.5. The van der Waals surface area contributed by atoms with Gasteiger partial charge in [-0.15, -0.1) is 0 Å². The Kier molecular flexibility index (Phi) is 31.8. The van der Waals surface area contributed by atoms with Gasteiger partial charge in [0.25, 0.3) is 0 Å². The number of quaternary nitrogens is 1. The predicted octanol–water partition coefficient (Wildman–Crippen LogP) is 10.4. The largest absolute Gasteiger partial charge is 0.472 e. The Labute approximate surface area is 302 Å². The standard InChI is InChI=1S/C40H77N2O6P/c1-6-8-10-11-12-13-14-15-16-17-18-19-20-21-22-23-24-25-26-27-28-29-30-32-33-39(43)38(41-40(44)34-31-9-7-2)37-48-49(45,46)47-36-35-42(3,4)5/h23-24,27-28,32-33,38-39,43H,6-22,25-26,29-31,34-37H2,1-5H3,(H-,41,44,45,46)/p+1/b24-23+,28-27+,33-32+. The maximum atomic E-state index is 12.4. The van der Waals surface area contributed by atoms with E-state index in [1.807, 2.05) is 27.2 Å². The lowest BCUT2D eigenvalue weighted by atomic mass is 10.0. The fraction of sp³-hybridized carbons (Fsp3) is 0.825. The van der Waals surface area contributed by atoms with Crippen LogP contribution in [0.25, 0.3) is 0 Å². The number of aliphatic hydroxyl groups excluding tert-OH is 1. The molecule has 0 aromatic carbocycles. The number of likely N-dealkylation sites (N-methyl/N-ethyl adjacent to an activating group) is 1. The zero-order valence-corrected chi connectivity index (χ0v) is 33.3. The highest BCUT2D eigenvalue weighted by Gasteiger charge is 2.27. The van der Waals surface area contributed by atoms with E-state index < -0.39 is 20.0 Å². The number of unbranched alkanes of at least 4 members (excludes halogenated alkanes) is 18. The number of phosphoric ester groups is 1. The molecule has 49 heavy (non-hydrogen) atoms. The molecule has 0 bridgehead atoms. The molecule has 0 rings (SSSR count). The van der Waals surface area contributed by atoms with Crippen LogP contribution >= 0.6 is 7.82 Å². The van der Waals surface area contributed by atoms with Crippen LogP contribution in [0.2, 0.25) is 0 Å². The van der Waals surface area contributed by atoms with Crippen molar-refractivity contribution in [2.75, 3.05) is 40.9 Å². The van der Waals surface area contributed by atoms with Crippen molar-refractivity contribution in [3.63, 3.8) is 0 Å². The Morgan fingerprint density at radius 2 is 1.12 bits per heavy atom. The summed E-state index contributed by atoms with van der Waals surface area (Å²) in [7, 11) is 1.54. The van der Waals surface area contributed by atoms with Gasteiger partial charge in [0.05, 0.1) is 39.9 Å². The third-order valence-electron chi connectivity index (χ3n) is 8.59. The van der Waals surface area contributed by atoms with Gasteiger partial charge in [0, 0.05) is 6.42 Å². The molecule has 0 spiro atoms. The zero-order chi connectivity index (χ0) is 36.5. The number of amides is 1. The van der Waals surface area contributed by atoms with Crippen LogP contribution in [0.4, 0.5) is 0 Å². The summed E-state index contributed by atoms with van der Waals surface area (Å²) in [4.78, 5) is 22.5. The monoisotopic (exact) mass is 714 g/mol. The van der Waals surface area contributed by atoms with Crippen LogP contribution in [-0.4, -0.2) is 73.4 Å². The minimum atomic E-state index is -4.32. The maximum absolute atomic E-state index is 12.4. The Balaban J connectivity index is 4.17. The molecule has 288 valence electrons. The fourth-order valence-electron chi connectivity index (χ4n) is 5.36. The molecule has 9 heteroatoms. The summed E-state index contributed by atoms with van der Waals surface area (Å²) in [6, 6.07) is -0.861. The lowest BCUT2D eigenvalue weighted by molar-refractivity contribution is -0.870. The van der Waals surface area contributed by atoms with Crippen LogP contribution in [-0.2, 0) is 18.4 Å². The van der Waals surface area contributed by atoms with Gasteiger partial charge >= 0.3 is 7.82 Å². The highest BCUT2D eigenvalue weighted by Crippen LogP contribution is 2.43. The average molecular weight is 714 g/mol. The van der Waals surface area contributed by atoms with Gasteiger partial charge in [-0.3, -0.25) is 13.8 Å². The van der Waals surface area contributed by atoms with Gasteiger partial charge in [-0.25, -0.2) is 4.57 Å². The first-order chi connectivity index (χ1) is 23.5. The highest BCUT2D eigenvalue weighted by atomic mass is 31.2. The van der Waals surface area contributed by atoms with E-state index in [4.69, 9.17) is 9.05 Å². The number of rotatable bonds is 35. The van der Waals surface area contributed by atoms with E-state index >= 15 is 0 Å². The molecule has 0 radical (unpaired) electrons. The number of nitrogens with one attached hydrogen (secondary N) is 1. The maximum Gasteiger partial charge on any atom is 0.472 e. The summed E-state index contributed by atoms with van der Waals surface area (Å²) >= 11 is 0. The third kappa shape index (κ3) is 34.9. The molecule has 3 unspecified atom stereocenters.